The van der Waals surface area contributed by atoms with Crippen molar-refractivity contribution in [1.82, 2.24) is 9.97 Å². The van der Waals surface area contributed by atoms with Gasteiger partial charge in [-0.1, -0.05) is 0 Å². The van der Waals surface area contributed by atoms with Gasteiger partial charge in [0.25, 0.3) is 0 Å². The minimum Gasteiger partial charge on any atom is -0.463 e. The summed E-state index contributed by atoms with van der Waals surface area (Å²) in [5.41, 5.74) is 0. The van der Waals surface area contributed by atoms with E-state index in [1.807, 2.05) is 0 Å². The number of carbonyl (C=O) groups is 1. The SMILES string of the molecule is COC(=O)c1nccc(NCCCCC(F)(F)F)n1. The molecule has 1 aromatic rings. The third-order valence-electron chi connectivity index (χ3n) is 2.22. The molecule has 19 heavy (non-hydrogen) atoms. The number of unbranched alkanes of at least 4 members (excludes halogenated alkanes) is 1. The highest BCUT2D eigenvalue weighted by Crippen LogP contribution is 2.22. The molecule has 0 spiro atoms. The first-order chi connectivity index (χ1) is 8.92. The van der Waals surface area contributed by atoms with E-state index in [2.05, 4.69) is 20.0 Å². The van der Waals surface area contributed by atoms with Gasteiger partial charge in [0.05, 0.1) is 7.11 Å². The van der Waals surface area contributed by atoms with E-state index in [9.17, 15) is 18.0 Å². The maximum Gasteiger partial charge on any atom is 0.389 e. The van der Waals surface area contributed by atoms with Gasteiger partial charge in [-0.15, -0.1) is 0 Å². The van der Waals surface area contributed by atoms with Crippen LogP contribution in [0.25, 0.3) is 0 Å². The zero-order valence-corrected chi connectivity index (χ0v) is 10.3. The number of methoxy groups -OCH3 is 1. The first-order valence-corrected chi connectivity index (χ1v) is 5.64. The first kappa shape index (κ1) is 15.2. The molecule has 0 amide bonds. The molecule has 8 heteroatoms. The maximum atomic E-state index is 11.9. The molecule has 0 saturated heterocycles. The summed E-state index contributed by atoms with van der Waals surface area (Å²) in [5, 5.41) is 2.82. The predicted molar refractivity (Wildman–Crippen MR) is 61.8 cm³/mol. The number of hydrogen-bond donors (Lipinski definition) is 1. The monoisotopic (exact) mass is 277 g/mol. The number of halogens is 3. The van der Waals surface area contributed by atoms with Crippen LogP contribution in [0.15, 0.2) is 12.3 Å². The van der Waals surface area contributed by atoms with Crippen molar-refractivity contribution in [3.8, 4) is 0 Å². The molecular formula is C11H14F3N3O2. The molecule has 0 fully saturated rings. The van der Waals surface area contributed by atoms with Gasteiger partial charge in [0.15, 0.2) is 0 Å². The molecule has 106 valence electrons. The fourth-order valence-electron chi connectivity index (χ4n) is 1.31. The van der Waals surface area contributed by atoms with Crippen LogP contribution in [0, 0.1) is 0 Å². The number of aromatic nitrogens is 2. The van der Waals surface area contributed by atoms with E-state index in [0.29, 0.717) is 18.8 Å². The fraction of sp³-hybridized carbons (Fsp3) is 0.545. The Hall–Kier alpha value is -1.86. The average Bonchev–Trinajstić information content (AvgIpc) is 2.36. The smallest absolute Gasteiger partial charge is 0.389 e. The quantitative estimate of drug-likeness (QED) is 0.639. The highest BCUT2D eigenvalue weighted by Gasteiger charge is 2.25. The second-order valence-electron chi connectivity index (χ2n) is 3.76. The van der Waals surface area contributed by atoms with Crippen molar-refractivity contribution in [1.29, 1.82) is 0 Å². The molecule has 1 aromatic heterocycles. The largest absolute Gasteiger partial charge is 0.463 e. The molecular weight excluding hydrogens is 263 g/mol. The van der Waals surface area contributed by atoms with Crippen molar-refractivity contribution in [2.45, 2.75) is 25.4 Å². The highest BCUT2D eigenvalue weighted by atomic mass is 19.4. The van der Waals surface area contributed by atoms with Gasteiger partial charge in [0.2, 0.25) is 5.82 Å². The van der Waals surface area contributed by atoms with Crippen LogP contribution in [-0.4, -0.2) is 35.8 Å². The third kappa shape index (κ3) is 6.03. The third-order valence-corrected chi connectivity index (χ3v) is 2.22. The summed E-state index contributed by atoms with van der Waals surface area (Å²) in [6.07, 6.45) is -3.14. The number of hydrogen-bond acceptors (Lipinski definition) is 5. The van der Waals surface area contributed by atoms with Crippen LogP contribution in [0.2, 0.25) is 0 Å². The first-order valence-electron chi connectivity index (χ1n) is 5.64. The number of ether oxygens (including phenoxy) is 1. The maximum absolute atomic E-state index is 11.9. The average molecular weight is 277 g/mol. The van der Waals surface area contributed by atoms with E-state index < -0.39 is 18.6 Å². The number of rotatable bonds is 6. The molecule has 0 unspecified atom stereocenters. The van der Waals surface area contributed by atoms with Gasteiger partial charge in [0, 0.05) is 19.2 Å². The molecule has 0 atom stereocenters. The molecule has 0 aliphatic heterocycles. The van der Waals surface area contributed by atoms with Crippen LogP contribution >= 0.6 is 0 Å². The number of anilines is 1. The van der Waals surface area contributed by atoms with Crippen molar-refractivity contribution < 1.29 is 22.7 Å². The van der Waals surface area contributed by atoms with E-state index in [4.69, 9.17) is 0 Å². The van der Waals surface area contributed by atoms with Gasteiger partial charge in [-0.2, -0.15) is 13.2 Å². The van der Waals surface area contributed by atoms with Crippen LogP contribution in [0.1, 0.15) is 29.9 Å². The summed E-state index contributed by atoms with van der Waals surface area (Å²) in [7, 11) is 1.21. The summed E-state index contributed by atoms with van der Waals surface area (Å²) in [6, 6.07) is 1.52. The lowest BCUT2D eigenvalue weighted by atomic mass is 10.2. The Morgan fingerprint density at radius 3 is 2.79 bits per heavy atom. The summed E-state index contributed by atoms with van der Waals surface area (Å²) < 4.78 is 40.1. The van der Waals surface area contributed by atoms with E-state index >= 15 is 0 Å². The minimum atomic E-state index is -4.12. The zero-order chi connectivity index (χ0) is 14.3. The van der Waals surface area contributed by atoms with E-state index in [1.165, 1.54) is 19.4 Å². The van der Waals surface area contributed by atoms with Gasteiger partial charge in [-0.3, -0.25) is 0 Å². The van der Waals surface area contributed by atoms with Crippen molar-refractivity contribution >= 4 is 11.8 Å². The molecule has 0 aliphatic carbocycles. The Bertz CT molecular complexity index is 424. The summed E-state index contributed by atoms with van der Waals surface area (Å²) in [6.45, 7) is 0.341. The second-order valence-corrected chi connectivity index (χ2v) is 3.76. The number of nitrogens with one attached hydrogen (secondary N) is 1. The van der Waals surface area contributed by atoms with Crippen LogP contribution < -0.4 is 5.32 Å². The number of esters is 1. The predicted octanol–water partition coefficient (Wildman–Crippen LogP) is 2.41. The van der Waals surface area contributed by atoms with Gasteiger partial charge in [0.1, 0.15) is 5.82 Å². The number of alkyl halides is 3. The normalized spacial score (nSPS) is 11.2. The van der Waals surface area contributed by atoms with Crippen LogP contribution in [0.3, 0.4) is 0 Å². The van der Waals surface area contributed by atoms with E-state index in [0.717, 1.165) is 0 Å². The summed E-state index contributed by atoms with van der Waals surface area (Å²) in [5.74, 6) is -0.383. The standard InChI is InChI=1S/C11H14F3N3O2/c1-19-10(18)9-16-7-4-8(17-9)15-6-3-2-5-11(12,13)14/h4,7H,2-3,5-6H2,1H3,(H,15,16,17). The van der Waals surface area contributed by atoms with Crippen molar-refractivity contribution in [3.05, 3.63) is 18.1 Å². The number of nitrogens with zero attached hydrogens (tertiary/aromatic N) is 2. The lowest BCUT2D eigenvalue weighted by Crippen LogP contribution is -2.11. The van der Waals surface area contributed by atoms with E-state index in [1.54, 1.807) is 0 Å². The lowest BCUT2D eigenvalue weighted by molar-refractivity contribution is -0.135. The molecule has 5 nitrogen and oxygen atoms in total. The molecule has 0 aromatic carbocycles. The lowest BCUT2D eigenvalue weighted by Gasteiger charge is -2.07. The molecule has 0 radical (unpaired) electrons. The molecule has 0 saturated carbocycles. The van der Waals surface area contributed by atoms with Gasteiger partial charge < -0.3 is 10.1 Å². The Labute approximate surface area is 108 Å². The Morgan fingerprint density at radius 2 is 2.16 bits per heavy atom. The van der Waals surface area contributed by atoms with Crippen LogP contribution in [0.4, 0.5) is 19.0 Å². The van der Waals surface area contributed by atoms with Crippen molar-refractivity contribution in [2.75, 3.05) is 19.0 Å². The molecule has 0 aliphatic rings. The Morgan fingerprint density at radius 1 is 1.42 bits per heavy atom. The van der Waals surface area contributed by atoms with Gasteiger partial charge >= 0.3 is 12.1 Å². The summed E-state index contributed by atoms with van der Waals surface area (Å²) in [4.78, 5) is 18.7. The van der Waals surface area contributed by atoms with Crippen molar-refractivity contribution in [2.24, 2.45) is 0 Å². The summed E-state index contributed by atoms with van der Waals surface area (Å²) >= 11 is 0. The fourth-order valence-corrected chi connectivity index (χ4v) is 1.31. The zero-order valence-electron chi connectivity index (χ0n) is 10.3. The Kier molecular flexibility index (Phi) is 5.53. The van der Waals surface area contributed by atoms with Crippen molar-refractivity contribution in [3.63, 3.8) is 0 Å². The molecule has 1 heterocycles. The molecule has 1 rings (SSSR count). The number of carbonyl (C=O) groups excluding carboxylic acids is 1. The Balaban J connectivity index is 2.35. The van der Waals surface area contributed by atoms with Crippen LogP contribution in [0.5, 0.6) is 0 Å². The van der Waals surface area contributed by atoms with Crippen LogP contribution in [-0.2, 0) is 4.74 Å². The highest BCUT2D eigenvalue weighted by molar-refractivity contribution is 5.85. The van der Waals surface area contributed by atoms with Gasteiger partial charge in [-0.05, 0) is 18.9 Å². The second kappa shape index (κ2) is 6.91. The minimum absolute atomic E-state index is 0.0471. The molecule has 0 bridgehead atoms. The molecule has 1 N–H and O–H groups in total. The van der Waals surface area contributed by atoms with Gasteiger partial charge in [-0.25, -0.2) is 14.8 Å². The van der Waals surface area contributed by atoms with E-state index in [-0.39, 0.29) is 12.2 Å². The topological polar surface area (TPSA) is 64.1 Å².